The normalized spacial score (nSPS) is 19.6. The molecule has 0 saturated carbocycles. The van der Waals surface area contributed by atoms with Crippen molar-refractivity contribution >= 4 is 17.3 Å². The highest BCUT2D eigenvalue weighted by Crippen LogP contribution is 2.36. The highest BCUT2D eigenvalue weighted by atomic mass is 16.5. The van der Waals surface area contributed by atoms with Gasteiger partial charge in [0.2, 0.25) is 5.91 Å². The Morgan fingerprint density at radius 3 is 2.67 bits per heavy atom. The highest BCUT2D eigenvalue weighted by Gasteiger charge is 2.32. The number of para-hydroxylation sites is 3. The van der Waals surface area contributed by atoms with Gasteiger partial charge in [-0.05, 0) is 55.5 Å². The van der Waals surface area contributed by atoms with Crippen LogP contribution in [0.15, 0.2) is 42.5 Å². The van der Waals surface area contributed by atoms with Crippen molar-refractivity contribution in [3.05, 3.63) is 53.6 Å². The summed E-state index contributed by atoms with van der Waals surface area (Å²) in [5, 5.41) is 0. The Bertz CT molecular complexity index is 920. The first-order valence-electron chi connectivity index (χ1n) is 11.3. The first kappa shape index (κ1) is 19.4. The van der Waals surface area contributed by atoms with Gasteiger partial charge in [-0.15, -0.1) is 0 Å². The van der Waals surface area contributed by atoms with Crippen LogP contribution >= 0.6 is 0 Å². The molecule has 158 valence electrons. The number of rotatable bonds is 5. The van der Waals surface area contributed by atoms with Crippen molar-refractivity contribution in [2.24, 2.45) is 0 Å². The van der Waals surface area contributed by atoms with E-state index >= 15 is 0 Å². The third kappa shape index (κ3) is 3.67. The van der Waals surface area contributed by atoms with E-state index in [1.165, 1.54) is 23.2 Å². The van der Waals surface area contributed by atoms with Crippen molar-refractivity contribution in [3.8, 4) is 5.75 Å². The fraction of sp³-hybridized carbons (Fsp3) is 0.480. The minimum atomic E-state index is 0.189. The number of carbonyl (C=O) groups excluding carboxylic acids is 1. The standard InChI is InChI=1S/C25H31N3O2/c1-26-22-9-2-3-10-23(22)28(18-24(26)29)21-11-15-27(16-12-21)14-5-8-19-6-4-7-20-13-17-30-25(19)20/h2-4,6-7,9-10,21H,5,8,11-18H2,1H3. The number of hydrogen-bond donors (Lipinski definition) is 0. The van der Waals surface area contributed by atoms with Gasteiger partial charge in [0.1, 0.15) is 5.75 Å². The van der Waals surface area contributed by atoms with E-state index in [4.69, 9.17) is 4.74 Å². The molecule has 0 bridgehead atoms. The number of benzene rings is 2. The molecular weight excluding hydrogens is 374 g/mol. The molecule has 2 aromatic carbocycles. The van der Waals surface area contributed by atoms with E-state index < -0.39 is 0 Å². The average Bonchev–Trinajstić information content (AvgIpc) is 3.27. The molecular formula is C25H31N3O2. The average molecular weight is 406 g/mol. The van der Waals surface area contributed by atoms with E-state index in [2.05, 4.69) is 46.2 Å². The number of nitrogens with zero attached hydrogens (tertiary/aromatic N) is 3. The van der Waals surface area contributed by atoms with E-state index in [0.717, 1.165) is 63.4 Å². The summed E-state index contributed by atoms with van der Waals surface area (Å²) in [4.78, 5) is 19.2. The zero-order valence-corrected chi connectivity index (χ0v) is 17.8. The first-order valence-corrected chi connectivity index (χ1v) is 11.3. The van der Waals surface area contributed by atoms with Gasteiger partial charge in [-0.25, -0.2) is 0 Å². The maximum Gasteiger partial charge on any atom is 0.246 e. The summed E-state index contributed by atoms with van der Waals surface area (Å²) in [7, 11) is 1.88. The molecule has 1 saturated heterocycles. The topological polar surface area (TPSA) is 36.0 Å². The van der Waals surface area contributed by atoms with Crippen molar-refractivity contribution < 1.29 is 9.53 Å². The molecule has 0 N–H and O–H groups in total. The molecule has 1 fully saturated rings. The molecule has 5 nitrogen and oxygen atoms in total. The lowest BCUT2D eigenvalue weighted by Crippen LogP contribution is -2.52. The number of aryl methyl sites for hydroxylation is 1. The Kier molecular flexibility index (Phi) is 5.38. The monoisotopic (exact) mass is 405 g/mol. The lowest BCUT2D eigenvalue weighted by molar-refractivity contribution is -0.117. The van der Waals surface area contributed by atoms with Crippen LogP contribution in [0.5, 0.6) is 5.75 Å². The molecule has 0 radical (unpaired) electrons. The maximum absolute atomic E-state index is 12.5. The molecule has 5 heteroatoms. The molecule has 0 atom stereocenters. The fourth-order valence-corrected chi connectivity index (χ4v) is 5.22. The van der Waals surface area contributed by atoms with Gasteiger partial charge in [-0.2, -0.15) is 0 Å². The van der Waals surface area contributed by atoms with Crippen LogP contribution in [0.4, 0.5) is 11.4 Å². The molecule has 0 aliphatic carbocycles. The van der Waals surface area contributed by atoms with Crippen molar-refractivity contribution in [3.63, 3.8) is 0 Å². The van der Waals surface area contributed by atoms with Crippen LogP contribution in [-0.4, -0.2) is 56.7 Å². The second kappa shape index (κ2) is 8.31. The van der Waals surface area contributed by atoms with Crippen molar-refractivity contribution in [1.82, 2.24) is 4.90 Å². The first-order chi connectivity index (χ1) is 14.7. The summed E-state index contributed by atoms with van der Waals surface area (Å²) in [5.41, 5.74) is 4.98. The van der Waals surface area contributed by atoms with E-state index in [0.29, 0.717) is 12.6 Å². The van der Waals surface area contributed by atoms with Gasteiger partial charge in [0.15, 0.2) is 0 Å². The number of hydrogen-bond acceptors (Lipinski definition) is 4. The summed E-state index contributed by atoms with van der Waals surface area (Å²) in [6.45, 7) is 4.68. The summed E-state index contributed by atoms with van der Waals surface area (Å²) < 4.78 is 5.85. The van der Waals surface area contributed by atoms with E-state index in [1.54, 1.807) is 4.90 Å². The molecule has 3 aliphatic heterocycles. The summed E-state index contributed by atoms with van der Waals surface area (Å²) in [6.07, 6.45) is 5.54. The summed E-state index contributed by atoms with van der Waals surface area (Å²) in [6, 6.07) is 15.3. The Morgan fingerprint density at radius 1 is 1.03 bits per heavy atom. The van der Waals surface area contributed by atoms with Crippen molar-refractivity contribution in [2.45, 2.75) is 38.1 Å². The third-order valence-corrected chi connectivity index (χ3v) is 6.95. The Hall–Kier alpha value is -2.53. The van der Waals surface area contributed by atoms with Crippen LogP contribution in [0.25, 0.3) is 0 Å². The van der Waals surface area contributed by atoms with Gasteiger partial charge in [0.25, 0.3) is 0 Å². The van der Waals surface area contributed by atoms with Gasteiger partial charge in [0, 0.05) is 32.6 Å². The number of ether oxygens (including phenoxy) is 1. The zero-order valence-electron chi connectivity index (χ0n) is 17.8. The van der Waals surface area contributed by atoms with Gasteiger partial charge in [-0.3, -0.25) is 4.79 Å². The van der Waals surface area contributed by atoms with Gasteiger partial charge in [0.05, 0.1) is 24.5 Å². The molecule has 3 aliphatic rings. The number of likely N-dealkylation sites (tertiary alicyclic amines) is 1. The molecule has 1 amide bonds. The quantitative estimate of drug-likeness (QED) is 0.763. The largest absolute Gasteiger partial charge is 0.493 e. The van der Waals surface area contributed by atoms with E-state index in [9.17, 15) is 4.79 Å². The van der Waals surface area contributed by atoms with Crippen LogP contribution in [0, 0.1) is 0 Å². The van der Waals surface area contributed by atoms with Crippen LogP contribution in [0.2, 0.25) is 0 Å². The highest BCUT2D eigenvalue weighted by molar-refractivity contribution is 6.02. The minimum Gasteiger partial charge on any atom is -0.493 e. The number of amides is 1. The third-order valence-electron chi connectivity index (χ3n) is 6.95. The van der Waals surface area contributed by atoms with Crippen molar-refractivity contribution in [1.29, 1.82) is 0 Å². The number of likely N-dealkylation sites (N-methyl/N-ethyl adjacent to an activating group) is 1. The Balaban J connectivity index is 1.15. The molecule has 0 aromatic heterocycles. The van der Waals surface area contributed by atoms with E-state index in [1.807, 2.05) is 13.1 Å². The van der Waals surface area contributed by atoms with Gasteiger partial charge >= 0.3 is 0 Å². The Morgan fingerprint density at radius 2 is 1.83 bits per heavy atom. The van der Waals surface area contributed by atoms with Crippen LogP contribution in [0.1, 0.15) is 30.4 Å². The van der Waals surface area contributed by atoms with E-state index in [-0.39, 0.29) is 5.91 Å². The predicted molar refractivity (Wildman–Crippen MR) is 121 cm³/mol. The predicted octanol–water partition coefficient (Wildman–Crippen LogP) is 3.50. The maximum atomic E-state index is 12.5. The molecule has 30 heavy (non-hydrogen) atoms. The van der Waals surface area contributed by atoms with Crippen molar-refractivity contribution in [2.75, 3.05) is 49.6 Å². The molecule has 3 heterocycles. The second-order valence-electron chi connectivity index (χ2n) is 8.75. The Labute approximate surface area is 179 Å². The van der Waals surface area contributed by atoms with Crippen LogP contribution in [-0.2, 0) is 17.6 Å². The smallest absolute Gasteiger partial charge is 0.246 e. The second-order valence-corrected chi connectivity index (χ2v) is 8.75. The number of piperidine rings is 1. The van der Waals surface area contributed by atoms with Gasteiger partial charge in [-0.1, -0.05) is 30.3 Å². The zero-order chi connectivity index (χ0) is 20.5. The number of fused-ring (bicyclic) bond motifs is 2. The molecule has 0 spiro atoms. The molecule has 0 unspecified atom stereocenters. The van der Waals surface area contributed by atoms with Crippen LogP contribution in [0.3, 0.4) is 0 Å². The van der Waals surface area contributed by atoms with Gasteiger partial charge < -0.3 is 19.4 Å². The summed E-state index contributed by atoms with van der Waals surface area (Å²) >= 11 is 0. The SMILES string of the molecule is CN1C(=O)CN(C2CCN(CCCc3cccc4c3OCC4)CC2)c2ccccc21. The number of carbonyl (C=O) groups is 1. The minimum absolute atomic E-state index is 0.189. The molecule has 5 rings (SSSR count). The summed E-state index contributed by atoms with van der Waals surface area (Å²) in [5.74, 6) is 1.34. The molecule has 2 aromatic rings. The lowest BCUT2D eigenvalue weighted by atomic mass is 9.99. The van der Waals surface area contributed by atoms with Crippen LogP contribution < -0.4 is 14.5 Å². The number of anilines is 2. The fourth-order valence-electron chi connectivity index (χ4n) is 5.22. The lowest BCUT2D eigenvalue weighted by Gasteiger charge is -2.43.